The summed E-state index contributed by atoms with van der Waals surface area (Å²) in [6, 6.07) is 12.1. The Labute approximate surface area is 135 Å². The Morgan fingerprint density at radius 3 is 2.43 bits per heavy atom. The van der Waals surface area contributed by atoms with Crippen LogP contribution in [0.5, 0.6) is 0 Å². The van der Waals surface area contributed by atoms with Gasteiger partial charge in [0.15, 0.2) is 0 Å². The Morgan fingerprint density at radius 1 is 1.22 bits per heavy atom. The second kappa shape index (κ2) is 7.05. The number of rotatable bonds is 5. The van der Waals surface area contributed by atoms with E-state index < -0.39 is 4.92 Å². The summed E-state index contributed by atoms with van der Waals surface area (Å²) in [4.78, 5) is 22.7. The molecule has 0 spiro atoms. The predicted octanol–water partition coefficient (Wildman–Crippen LogP) is 4.67. The van der Waals surface area contributed by atoms with E-state index in [0.29, 0.717) is 17.2 Å². The first-order chi connectivity index (χ1) is 10.9. The number of nitrogens with zero attached hydrogens (tertiary/aromatic N) is 1. The van der Waals surface area contributed by atoms with Gasteiger partial charge in [-0.3, -0.25) is 14.9 Å². The topological polar surface area (TPSA) is 72.2 Å². The van der Waals surface area contributed by atoms with Gasteiger partial charge in [0, 0.05) is 22.9 Å². The molecule has 1 atom stereocenters. The van der Waals surface area contributed by atoms with Crippen LogP contribution in [0.4, 0.5) is 11.4 Å². The van der Waals surface area contributed by atoms with Crippen LogP contribution in [0.2, 0.25) is 0 Å². The van der Waals surface area contributed by atoms with Crippen molar-refractivity contribution in [3.8, 4) is 0 Å². The van der Waals surface area contributed by atoms with Crippen molar-refractivity contribution in [3.05, 3.63) is 69.3 Å². The highest BCUT2D eigenvalue weighted by atomic mass is 16.6. The maximum absolute atomic E-state index is 12.2. The van der Waals surface area contributed by atoms with Gasteiger partial charge in [-0.2, -0.15) is 0 Å². The van der Waals surface area contributed by atoms with Crippen molar-refractivity contribution in [1.82, 2.24) is 0 Å². The fourth-order valence-electron chi connectivity index (χ4n) is 2.28. The number of nitrogens with one attached hydrogen (secondary N) is 1. The summed E-state index contributed by atoms with van der Waals surface area (Å²) in [6.45, 7) is 5.93. The lowest BCUT2D eigenvalue weighted by molar-refractivity contribution is -0.385. The molecule has 0 saturated heterocycles. The molecule has 2 rings (SSSR count). The number of amides is 1. The lowest BCUT2D eigenvalue weighted by atomic mass is 9.98. The smallest absolute Gasteiger partial charge is 0.273 e. The summed E-state index contributed by atoms with van der Waals surface area (Å²) in [5.74, 6) is 0.115. The van der Waals surface area contributed by atoms with Crippen molar-refractivity contribution in [2.45, 2.75) is 33.1 Å². The molecule has 0 bridgehead atoms. The second-order valence-corrected chi connectivity index (χ2v) is 5.64. The summed E-state index contributed by atoms with van der Waals surface area (Å²) < 4.78 is 0. The minimum absolute atomic E-state index is 0.0511. The highest BCUT2D eigenvalue weighted by Crippen LogP contribution is 2.22. The van der Waals surface area contributed by atoms with Crippen molar-refractivity contribution in [1.29, 1.82) is 0 Å². The molecule has 0 saturated carbocycles. The van der Waals surface area contributed by atoms with Crippen LogP contribution >= 0.6 is 0 Å². The van der Waals surface area contributed by atoms with Crippen molar-refractivity contribution in [3.63, 3.8) is 0 Å². The van der Waals surface area contributed by atoms with E-state index >= 15 is 0 Å². The highest BCUT2D eigenvalue weighted by Gasteiger charge is 2.15. The number of benzene rings is 2. The number of aryl methyl sites for hydroxylation is 1. The van der Waals surface area contributed by atoms with Crippen LogP contribution in [0.25, 0.3) is 0 Å². The minimum Gasteiger partial charge on any atom is -0.322 e. The van der Waals surface area contributed by atoms with Crippen LogP contribution in [0, 0.1) is 17.0 Å². The Morgan fingerprint density at radius 2 is 1.87 bits per heavy atom. The van der Waals surface area contributed by atoms with E-state index in [-0.39, 0.29) is 17.2 Å². The first kappa shape index (κ1) is 16.7. The molecule has 1 N–H and O–H groups in total. The average molecular weight is 312 g/mol. The average Bonchev–Trinajstić information content (AvgIpc) is 2.54. The van der Waals surface area contributed by atoms with E-state index in [1.807, 2.05) is 24.3 Å². The number of carbonyl (C=O) groups excluding carboxylic acids is 1. The maximum Gasteiger partial charge on any atom is 0.273 e. The molecule has 0 aliphatic rings. The fraction of sp³-hybridized carbons (Fsp3) is 0.278. The van der Waals surface area contributed by atoms with Crippen molar-refractivity contribution < 1.29 is 9.72 Å². The van der Waals surface area contributed by atoms with Crippen LogP contribution < -0.4 is 5.32 Å². The molecule has 0 aliphatic heterocycles. The monoisotopic (exact) mass is 312 g/mol. The third-order valence-corrected chi connectivity index (χ3v) is 4.02. The summed E-state index contributed by atoms with van der Waals surface area (Å²) in [6.07, 6.45) is 1.05. The largest absolute Gasteiger partial charge is 0.322 e. The second-order valence-electron chi connectivity index (χ2n) is 5.64. The summed E-state index contributed by atoms with van der Waals surface area (Å²) >= 11 is 0. The number of nitro benzene ring substituents is 1. The Hall–Kier alpha value is -2.69. The van der Waals surface area contributed by atoms with Gasteiger partial charge in [0.05, 0.1) is 4.92 Å². The first-order valence-electron chi connectivity index (χ1n) is 7.58. The van der Waals surface area contributed by atoms with Crippen molar-refractivity contribution in [2.75, 3.05) is 5.32 Å². The molecule has 1 amide bonds. The summed E-state index contributed by atoms with van der Waals surface area (Å²) in [5.41, 5.74) is 2.64. The Balaban J connectivity index is 2.16. The lowest BCUT2D eigenvalue weighted by Gasteiger charge is -2.10. The predicted molar refractivity (Wildman–Crippen MR) is 90.9 cm³/mol. The van der Waals surface area contributed by atoms with Gasteiger partial charge in [0.2, 0.25) is 0 Å². The SMILES string of the molecule is CC[C@H](C)c1ccc(NC(=O)c2ccc(C)c([N+](=O)[O-])c2)cc1. The molecular formula is C18H20N2O3. The van der Waals surface area contributed by atoms with Crippen LogP contribution in [0.1, 0.15) is 47.7 Å². The highest BCUT2D eigenvalue weighted by molar-refractivity contribution is 6.04. The molecule has 5 nitrogen and oxygen atoms in total. The van der Waals surface area contributed by atoms with Gasteiger partial charge in [-0.25, -0.2) is 0 Å². The zero-order valence-electron chi connectivity index (χ0n) is 13.5. The molecule has 0 fully saturated rings. The van der Waals surface area contributed by atoms with E-state index in [2.05, 4.69) is 19.2 Å². The minimum atomic E-state index is -0.479. The van der Waals surface area contributed by atoms with Crippen LogP contribution in [-0.2, 0) is 0 Å². The van der Waals surface area contributed by atoms with Crippen LogP contribution in [0.3, 0.4) is 0 Å². The molecular weight excluding hydrogens is 292 g/mol. The van der Waals surface area contributed by atoms with Gasteiger partial charge in [0.1, 0.15) is 0 Å². The van der Waals surface area contributed by atoms with Crippen LogP contribution in [-0.4, -0.2) is 10.8 Å². The molecule has 0 aromatic heterocycles. The number of hydrogen-bond donors (Lipinski definition) is 1. The molecule has 120 valence electrons. The quantitative estimate of drug-likeness (QED) is 0.644. The zero-order chi connectivity index (χ0) is 17.0. The van der Waals surface area contributed by atoms with Gasteiger partial charge >= 0.3 is 0 Å². The van der Waals surface area contributed by atoms with E-state index in [9.17, 15) is 14.9 Å². The first-order valence-corrected chi connectivity index (χ1v) is 7.58. The molecule has 0 radical (unpaired) electrons. The van der Waals surface area contributed by atoms with Crippen LogP contribution in [0.15, 0.2) is 42.5 Å². The zero-order valence-corrected chi connectivity index (χ0v) is 13.5. The van der Waals surface area contributed by atoms with Crippen molar-refractivity contribution >= 4 is 17.3 Å². The van der Waals surface area contributed by atoms with E-state index in [1.54, 1.807) is 19.1 Å². The third-order valence-electron chi connectivity index (χ3n) is 4.02. The van der Waals surface area contributed by atoms with Gasteiger partial charge in [0.25, 0.3) is 11.6 Å². The molecule has 2 aromatic rings. The summed E-state index contributed by atoms with van der Waals surface area (Å²) in [7, 11) is 0. The van der Waals surface area contributed by atoms with E-state index in [4.69, 9.17) is 0 Å². The molecule has 0 unspecified atom stereocenters. The fourth-order valence-corrected chi connectivity index (χ4v) is 2.28. The Bertz CT molecular complexity index is 724. The van der Waals surface area contributed by atoms with E-state index in [0.717, 1.165) is 6.42 Å². The molecule has 0 aliphatic carbocycles. The number of hydrogen-bond acceptors (Lipinski definition) is 3. The number of anilines is 1. The number of carbonyl (C=O) groups is 1. The summed E-state index contributed by atoms with van der Waals surface area (Å²) in [5, 5.41) is 13.7. The molecule has 5 heteroatoms. The van der Waals surface area contributed by atoms with Gasteiger partial charge in [-0.1, -0.05) is 32.0 Å². The normalized spacial score (nSPS) is 11.8. The maximum atomic E-state index is 12.2. The van der Waals surface area contributed by atoms with E-state index in [1.165, 1.54) is 11.6 Å². The molecule has 2 aromatic carbocycles. The molecule has 0 heterocycles. The van der Waals surface area contributed by atoms with Gasteiger partial charge in [-0.05, 0) is 43.0 Å². The Kier molecular flexibility index (Phi) is 5.11. The van der Waals surface area contributed by atoms with Gasteiger partial charge < -0.3 is 5.32 Å². The lowest BCUT2D eigenvalue weighted by Crippen LogP contribution is -2.12. The number of nitro groups is 1. The molecule has 23 heavy (non-hydrogen) atoms. The van der Waals surface area contributed by atoms with Crippen molar-refractivity contribution in [2.24, 2.45) is 0 Å². The third kappa shape index (κ3) is 3.94. The van der Waals surface area contributed by atoms with Gasteiger partial charge in [-0.15, -0.1) is 0 Å². The standard InChI is InChI=1S/C18H20N2O3/c1-4-12(2)14-7-9-16(10-8-14)19-18(21)15-6-5-13(3)17(11-15)20(22)23/h5-12H,4H2,1-3H3,(H,19,21)/t12-/m0/s1.